The van der Waals surface area contributed by atoms with Gasteiger partial charge in [0.15, 0.2) is 0 Å². The molecule has 1 amide bonds. The van der Waals surface area contributed by atoms with Crippen molar-refractivity contribution in [2.24, 2.45) is 0 Å². The summed E-state index contributed by atoms with van der Waals surface area (Å²) in [6.07, 6.45) is 2.96. The van der Waals surface area contributed by atoms with Crippen LogP contribution < -0.4 is 15.8 Å². The Kier molecular flexibility index (Phi) is 4.96. The quantitative estimate of drug-likeness (QED) is 0.700. The number of hydrogen-bond donors (Lipinski definition) is 2. The molecule has 2 aromatic carbocycles. The third kappa shape index (κ3) is 3.68. The van der Waals surface area contributed by atoms with Gasteiger partial charge in [0.05, 0.1) is 17.8 Å². The monoisotopic (exact) mass is 403 g/mol. The van der Waals surface area contributed by atoms with E-state index in [0.29, 0.717) is 31.0 Å². The van der Waals surface area contributed by atoms with Crippen LogP contribution in [0.4, 0.5) is 11.6 Å². The number of aromatic nitrogens is 2. The minimum absolute atomic E-state index is 0.0760. The third-order valence-corrected chi connectivity index (χ3v) is 5.97. The van der Waals surface area contributed by atoms with E-state index in [9.17, 15) is 9.59 Å². The van der Waals surface area contributed by atoms with Gasteiger partial charge in [-0.1, -0.05) is 36.4 Å². The van der Waals surface area contributed by atoms with E-state index in [1.807, 2.05) is 47.4 Å². The summed E-state index contributed by atoms with van der Waals surface area (Å²) in [7, 11) is 0. The van der Waals surface area contributed by atoms with Crippen molar-refractivity contribution in [1.29, 1.82) is 0 Å². The van der Waals surface area contributed by atoms with Gasteiger partial charge in [-0.2, -0.15) is 0 Å². The van der Waals surface area contributed by atoms with Crippen LogP contribution in [0, 0.1) is 0 Å². The van der Waals surface area contributed by atoms with E-state index in [4.69, 9.17) is 4.98 Å². The molecular formula is C23H25N5O2. The second-order valence-electron chi connectivity index (χ2n) is 8.04. The van der Waals surface area contributed by atoms with Gasteiger partial charge in [-0.05, 0) is 24.3 Å². The molecule has 3 aromatic rings. The molecule has 0 bridgehead atoms. The number of nitrogens with one attached hydrogen (secondary N) is 2. The summed E-state index contributed by atoms with van der Waals surface area (Å²) < 4.78 is 0. The zero-order chi connectivity index (χ0) is 20.5. The molecule has 30 heavy (non-hydrogen) atoms. The molecule has 7 heteroatoms. The first-order valence-electron chi connectivity index (χ1n) is 10.5. The first kappa shape index (κ1) is 18.8. The lowest BCUT2D eigenvalue weighted by Crippen LogP contribution is -2.40. The van der Waals surface area contributed by atoms with E-state index in [1.165, 1.54) is 0 Å². The lowest BCUT2D eigenvalue weighted by Gasteiger charge is -2.28. The minimum atomic E-state index is -0.0824. The number of carbonyl (C=O) groups excluding carboxylic acids is 1. The number of H-pyrrole nitrogens is 1. The Bertz CT molecular complexity index is 1140. The summed E-state index contributed by atoms with van der Waals surface area (Å²) in [6.45, 7) is 3.30. The maximum atomic E-state index is 12.7. The standard InChI is InChI=1S/C23H25N5O2/c29-21(24-19-9-5-7-16-6-1-2-8-17(16)19)15-27-13-10-20-18(14-27)22(30)26-23(25-20)28-11-3-4-12-28/h1-2,5-9H,3-4,10-15H2,(H,24,29)(H,25,26,30). The Labute approximate surface area is 174 Å². The van der Waals surface area contributed by atoms with Gasteiger partial charge in [0.1, 0.15) is 0 Å². The molecule has 0 spiro atoms. The molecule has 0 aliphatic carbocycles. The SMILES string of the molecule is O=C(CN1CCc2nc(N3CCCC3)[nH]c(=O)c2C1)Nc1cccc2ccccc12. The average Bonchev–Trinajstić information content (AvgIpc) is 3.29. The van der Waals surface area contributed by atoms with Gasteiger partial charge >= 0.3 is 0 Å². The summed E-state index contributed by atoms with van der Waals surface area (Å²) in [6, 6.07) is 13.9. The molecule has 2 aliphatic rings. The van der Waals surface area contributed by atoms with Crippen molar-refractivity contribution in [3.8, 4) is 0 Å². The van der Waals surface area contributed by atoms with Crippen molar-refractivity contribution < 1.29 is 4.79 Å². The van der Waals surface area contributed by atoms with Crippen molar-refractivity contribution in [3.63, 3.8) is 0 Å². The van der Waals surface area contributed by atoms with Crippen LogP contribution in [0.25, 0.3) is 10.8 Å². The number of benzene rings is 2. The maximum absolute atomic E-state index is 12.7. The molecule has 2 aliphatic heterocycles. The normalized spacial score (nSPS) is 16.6. The fraction of sp³-hybridized carbons (Fsp3) is 0.348. The van der Waals surface area contributed by atoms with Gasteiger partial charge in [0.25, 0.3) is 5.56 Å². The molecular weight excluding hydrogens is 378 g/mol. The van der Waals surface area contributed by atoms with E-state index in [0.717, 1.165) is 48.1 Å². The molecule has 0 atom stereocenters. The summed E-state index contributed by atoms with van der Waals surface area (Å²) in [5.41, 5.74) is 2.28. The minimum Gasteiger partial charge on any atom is -0.342 e. The van der Waals surface area contributed by atoms with Gasteiger partial charge in [0, 0.05) is 43.7 Å². The van der Waals surface area contributed by atoms with Crippen LogP contribution in [0.1, 0.15) is 24.1 Å². The molecule has 1 saturated heterocycles. The van der Waals surface area contributed by atoms with Crippen molar-refractivity contribution in [1.82, 2.24) is 14.9 Å². The van der Waals surface area contributed by atoms with Gasteiger partial charge < -0.3 is 10.2 Å². The Morgan fingerprint density at radius 1 is 1.07 bits per heavy atom. The average molecular weight is 403 g/mol. The van der Waals surface area contributed by atoms with Crippen LogP contribution in [-0.2, 0) is 17.8 Å². The second kappa shape index (κ2) is 7.91. The number of nitrogens with zero attached hydrogens (tertiary/aromatic N) is 3. The molecule has 5 rings (SSSR count). The molecule has 0 unspecified atom stereocenters. The molecule has 3 heterocycles. The van der Waals surface area contributed by atoms with Crippen LogP contribution >= 0.6 is 0 Å². The Balaban J connectivity index is 1.28. The van der Waals surface area contributed by atoms with E-state index in [2.05, 4.69) is 15.2 Å². The van der Waals surface area contributed by atoms with Crippen molar-refractivity contribution in [2.75, 3.05) is 36.4 Å². The highest BCUT2D eigenvalue weighted by Crippen LogP contribution is 2.23. The lowest BCUT2D eigenvalue weighted by molar-refractivity contribution is -0.117. The molecule has 1 aromatic heterocycles. The summed E-state index contributed by atoms with van der Waals surface area (Å²) in [5.74, 6) is 0.617. The fourth-order valence-electron chi connectivity index (χ4n) is 4.41. The van der Waals surface area contributed by atoms with Crippen LogP contribution in [-0.4, -0.2) is 47.0 Å². The first-order chi connectivity index (χ1) is 14.7. The van der Waals surface area contributed by atoms with Crippen molar-refractivity contribution in [2.45, 2.75) is 25.8 Å². The van der Waals surface area contributed by atoms with Crippen molar-refractivity contribution in [3.05, 3.63) is 64.1 Å². The number of anilines is 2. The van der Waals surface area contributed by atoms with Crippen LogP contribution in [0.15, 0.2) is 47.3 Å². The van der Waals surface area contributed by atoms with Gasteiger partial charge in [-0.25, -0.2) is 4.98 Å². The van der Waals surface area contributed by atoms with Gasteiger partial charge in [-0.15, -0.1) is 0 Å². The number of carbonyl (C=O) groups is 1. The molecule has 1 fully saturated rings. The smallest absolute Gasteiger partial charge is 0.257 e. The zero-order valence-corrected chi connectivity index (χ0v) is 16.9. The van der Waals surface area contributed by atoms with Crippen LogP contribution in [0.2, 0.25) is 0 Å². The molecule has 7 nitrogen and oxygen atoms in total. The highest BCUT2D eigenvalue weighted by molar-refractivity contribution is 6.02. The molecule has 2 N–H and O–H groups in total. The van der Waals surface area contributed by atoms with Gasteiger partial charge in [-0.3, -0.25) is 19.5 Å². The predicted molar refractivity (Wildman–Crippen MR) is 118 cm³/mol. The summed E-state index contributed by atoms with van der Waals surface area (Å²) in [5, 5.41) is 5.14. The Hall–Kier alpha value is -3.19. The Morgan fingerprint density at radius 3 is 2.73 bits per heavy atom. The maximum Gasteiger partial charge on any atom is 0.257 e. The predicted octanol–water partition coefficient (Wildman–Crippen LogP) is 2.52. The van der Waals surface area contributed by atoms with E-state index >= 15 is 0 Å². The largest absolute Gasteiger partial charge is 0.342 e. The topological polar surface area (TPSA) is 81.3 Å². The van der Waals surface area contributed by atoms with Gasteiger partial charge in [0.2, 0.25) is 11.9 Å². The fourth-order valence-corrected chi connectivity index (χ4v) is 4.41. The summed E-state index contributed by atoms with van der Waals surface area (Å²) in [4.78, 5) is 37.2. The molecule has 0 saturated carbocycles. The molecule has 0 radical (unpaired) electrons. The van der Waals surface area contributed by atoms with Crippen molar-refractivity contribution >= 4 is 28.3 Å². The Morgan fingerprint density at radius 2 is 1.87 bits per heavy atom. The number of fused-ring (bicyclic) bond motifs is 2. The highest BCUT2D eigenvalue weighted by atomic mass is 16.2. The third-order valence-electron chi connectivity index (χ3n) is 5.97. The van der Waals surface area contributed by atoms with Crippen LogP contribution in [0.3, 0.4) is 0 Å². The second-order valence-corrected chi connectivity index (χ2v) is 8.04. The van der Waals surface area contributed by atoms with E-state index in [1.54, 1.807) is 0 Å². The number of rotatable bonds is 4. The van der Waals surface area contributed by atoms with Crippen LogP contribution in [0.5, 0.6) is 0 Å². The van der Waals surface area contributed by atoms with E-state index in [-0.39, 0.29) is 18.0 Å². The molecule has 154 valence electrons. The highest BCUT2D eigenvalue weighted by Gasteiger charge is 2.24. The number of aromatic amines is 1. The first-order valence-corrected chi connectivity index (χ1v) is 10.5. The summed E-state index contributed by atoms with van der Waals surface area (Å²) >= 11 is 0. The zero-order valence-electron chi connectivity index (χ0n) is 16.9. The number of amides is 1. The lowest BCUT2D eigenvalue weighted by atomic mass is 10.1. The number of hydrogen-bond acceptors (Lipinski definition) is 5. The van der Waals surface area contributed by atoms with E-state index < -0.39 is 0 Å².